The highest BCUT2D eigenvalue weighted by atomic mass is 32.4. The van der Waals surface area contributed by atoms with Crippen LogP contribution in [0, 0.1) is 0 Å². The zero-order valence-corrected chi connectivity index (χ0v) is 16.2. The van der Waals surface area contributed by atoms with Gasteiger partial charge >= 0.3 is 0 Å². The predicted molar refractivity (Wildman–Crippen MR) is 114 cm³/mol. The van der Waals surface area contributed by atoms with Crippen molar-refractivity contribution in [3.63, 3.8) is 0 Å². The molecule has 126 valence electrons. The summed E-state index contributed by atoms with van der Waals surface area (Å²) in [6.45, 7) is 2.25. The van der Waals surface area contributed by atoms with Crippen LogP contribution in [0.25, 0.3) is 12.2 Å². The van der Waals surface area contributed by atoms with Gasteiger partial charge in [-0.25, -0.2) is 0 Å². The van der Waals surface area contributed by atoms with Crippen molar-refractivity contribution in [3.05, 3.63) is 83.4 Å². The maximum Gasteiger partial charge on any atom is -0.00320 e. The summed E-state index contributed by atoms with van der Waals surface area (Å²) in [7, 11) is 0. The van der Waals surface area contributed by atoms with E-state index in [1.54, 1.807) is 0 Å². The fraction of sp³-hybridized carbons (Fsp3) is 0.273. The van der Waals surface area contributed by atoms with Gasteiger partial charge in [-0.3, -0.25) is 0 Å². The molecule has 2 rings (SSSR count). The molecule has 0 heterocycles. The van der Waals surface area contributed by atoms with Gasteiger partial charge < -0.3 is 0 Å². The van der Waals surface area contributed by atoms with E-state index >= 15 is 0 Å². The first-order valence-corrected chi connectivity index (χ1v) is 11.9. The van der Waals surface area contributed by atoms with E-state index in [-0.39, 0.29) is 0 Å². The van der Waals surface area contributed by atoms with Crippen molar-refractivity contribution in [2.75, 3.05) is 6.16 Å². The molecule has 0 aliphatic heterocycles. The summed E-state index contributed by atoms with van der Waals surface area (Å²) < 4.78 is 0. The normalized spacial score (nSPS) is 14.2. The molecule has 0 fully saturated rings. The van der Waals surface area contributed by atoms with Gasteiger partial charge in [0.1, 0.15) is 0 Å². The molecular formula is C22H27PS. The first-order chi connectivity index (χ1) is 11.7. The van der Waals surface area contributed by atoms with E-state index in [4.69, 9.17) is 11.8 Å². The Morgan fingerprint density at radius 2 is 1.25 bits per heavy atom. The summed E-state index contributed by atoms with van der Waals surface area (Å²) >= 11 is 6.09. The molecule has 0 unspecified atom stereocenters. The smallest absolute Gasteiger partial charge is 0.00320 e. The van der Waals surface area contributed by atoms with Gasteiger partial charge in [0.2, 0.25) is 0 Å². The Kier molecular flexibility index (Phi) is 8.22. The molecule has 0 atom stereocenters. The third-order valence-corrected chi connectivity index (χ3v) is 7.60. The second-order valence-corrected chi connectivity index (χ2v) is 10.9. The van der Waals surface area contributed by atoms with Gasteiger partial charge in [0.05, 0.1) is 0 Å². The van der Waals surface area contributed by atoms with Crippen LogP contribution in [0.1, 0.15) is 43.7 Å². The van der Waals surface area contributed by atoms with Crippen LogP contribution in [0.15, 0.2) is 72.3 Å². The zero-order chi connectivity index (χ0) is 17.1. The minimum absolute atomic E-state index is 1.12. The molecule has 24 heavy (non-hydrogen) atoms. The van der Waals surface area contributed by atoms with Crippen LogP contribution >= 0.6 is 6.04 Å². The van der Waals surface area contributed by atoms with Crippen LogP contribution in [-0.2, 0) is 11.8 Å². The maximum absolute atomic E-state index is 6.09. The molecule has 0 aliphatic carbocycles. The van der Waals surface area contributed by atoms with Crippen molar-refractivity contribution in [1.29, 1.82) is 0 Å². The first-order valence-electron chi connectivity index (χ1n) is 8.79. The second kappa shape index (κ2) is 10.4. The van der Waals surface area contributed by atoms with E-state index in [1.807, 2.05) is 12.1 Å². The average Bonchev–Trinajstić information content (AvgIpc) is 2.64. The lowest BCUT2D eigenvalue weighted by Gasteiger charge is -2.14. The van der Waals surface area contributed by atoms with Gasteiger partial charge in [0.25, 0.3) is 0 Å². The van der Waals surface area contributed by atoms with Crippen molar-refractivity contribution >= 4 is 30.0 Å². The van der Waals surface area contributed by atoms with Crippen LogP contribution in [0.2, 0.25) is 0 Å². The summed E-state index contributed by atoms with van der Waals surface area (Å²) in [6, 6.07) is 19.3. The Morgan fingerprint density at radius 3 is 1.71 bits per heavy atom. The number of rotatable bonds is 9. The molecule has 0 saturated heterocycles. The second-order valence-electron chi connectivity index (χ2n) is 6.09. The molecule has 0 amide bonds. The Labute approximate surface area is 152 Å². The molecule has 0 nitrogen and oxygen atoms in total. The number of hydrogen-bond donors (Lipinski definition) is 0. The SMILES string of the molecule is CCCCCCP(=S)(C=Cc1ccccc1)C=Cc1ccccc1. The lowest BCUT2D eigenvalue weighted by atomic mass is 10.2. The third kappa shape index (κ3) is 6.99. The molecule has 0 aromatic heterocycles. The van der Waals surface area contributed by atoms with Crippen LogP contribution in [0.4, 0.5) is 0 Å². The van der Waals surface area contributed by atoms with Gasteiger partial charge in [0.15, 0.2) is 0 Å². The molecule has 2 heteroatoms. The van der Waals surface area contributed by atoms with E-state index in [0.717, 1.165) is 6.16 Å². The molecule has 0 bridgehead atoms. The van der Waals surface area contributed by atoms with E-state index in [2.05, 4.69) is 79.2 Å². The lowest BCUT2D eigenvalue weighted by Crippen LogP contribution is -1.86. The standard InChI is InChI=1S/C22H27PS/c1-2-3-4-11-18-23(24,19-16-21-12-7-5-8-13-21)20-17-22-14-9-6-10-15-22/h5-10,12-17,19-20H,2-4,11,18H2,1H3. The number of unbranched alkanes of at least 4 members (excludes halogenated alkanes) is 3. The highest BCUT2D eigenvalue weighted by Crippen LogP contribution is 2.51. The Balaban J connectivity index is 2.12. The summed E-state index contributed by atoms with van der Waals surface area (Å²) in [5.74, 6) is 4.59. The Hall–Kier alpha value is -1.43. The molecule has 0 N–H and O–H groups in total. The highest BCUT2D eigenvalue weighted by molar-refractivity contribution is 8.17. The minimum atomic E-state index is -1.62. The van der Waals surface area contributed by atoms with Gasteiger partial charge in [-0.2, -0.15) is 0 Å². The molecular weight excluding hydrogens is 327 g/mol. The molecule has 0 aliphatic rings. The summed E-state index contributed by atoms with van der Waals surface area (Å²) in [5, 5.41) is 0. The molecule has 2 aromatic carbocycles. The molecule has 0 radical (unpaired) electrons. The minimum Gasteiger partial charge on any atom is -0.0888 e. The van der Waals surface area contributed by atoms with E-state index < -0.39 is 6.04 Å². The third-order valence-electron chi connectivity index (χ3n) is 4.00. The van der Waals surface area contributed by atoms with E-state index in [9.17, 15) is 0 Å². The number of hydrogen-bond acceptors (Lipinski definition) is 1. The van der Waals surface area contributed by atoms with Gasteiger partial charge in [-0.1, -0.05) is 111 Å². The van der Waals surface area contributed by atoms with Crippen LogP contribution < -0.4 is 0 Å². The quantitative estimate of drug-likeness (QED) is 0.334. The van der Waals surface area contributed by atoms with Crippen molar-refractivity contribution in [2.24, 2.45) is 0 Å². The van der Waals surface area contributed by atoms with Crippen molar-refractivity contribution in [1.82, 2.24) is 0 Å². The topological polar surface area (TPSA) is 0 Å². The zero-order valence-electron chi connectivity index (χ0n) is 14.5. The molecule has 2 aromatic rings. The fourth-order valence-electron chi connectivity index (χ4n) is 2.54. The molecule has 0 saturated carbocycles. The van der Waals surface area contributed by atoms with Crippen molar-refractivity contribution in [2.45, 2.75) is 32.6 Å². The maximum atomic E-state index is 6.09. The summed E-state index contributed by atoms with van der Waals surface area (Å²) in [5.41, 5.74) is 2.46. The fourth-order valence-corrected chi connectivity index (χ4v) is 5.25. The van der Waals surface area contributed by atoms with Crippen LogP contribution in [0.3, 0.4) is 0 Å². The Morgan fingerprint density at radius 1 is 0.750 bits per heavy atom. The van der Waals surface area contributed by atoms with Crippen molar-refractivity contribution < 1.29 is 0 Å². The monoisotopic (exact) mass is 354 g/mol. The van der Waals surface area contributed by atoms with Crippen LogP contribution in [-0.4, -0.2) is 6.16 Å². The largest absolute Gasteiger partial charge is 0.0888 e. The van der Waals surface area contributed by atoms with Gasteiger partial charge in [-0.15, -0.1) is 0 Å². The Bertz CT molecular complexity index is 633. The summed E-state index contributed by atoms with van der Waals surface area (Å²) in [4.78, 5) is 0. The van der Waals surface area contributed by atoms with Crippen LogP contribution in [0.5, 0.6) is 0 Å². The predicted octanol–water partition coefficient (Wildman–Crippen LogP) is 7.39. The van der Waals surface area contributed by atoms with Crippen molar-refractivity contribution in [3.8, 4) is 0 Å². The van der Waals surface area contributed by atoms with Gasteiger partial charge in [0, 0.05) is 0 Å². The first kappa shape index (κ1) is 18.9. The van der Waals surface area contributed by atoms with E-state index in [1.165, 1.54) is 36.8 Å². The average molecular weight is 354 g/mol. The summed E-state index contributed by atoms with van der Waals surface area (Å²) in [6.07, 6.45) is 10.6. The van der Waals surface area contributed by atoms with Gasteiger partial charge in [-0.05, 0) is 41.4 Å². The lowest BCUT2D eigenvalue weighted by molar-refractivity contribution is 0.705. The molecule has 0 spiro atoms. The number of benzene rings is 2. The van der Waals surface area contributed by atoms with E-state index in [0.29, 0.717) is 0 Å². The highest BCUT2D eigenvalue weighted by Gasteiger charge is 2.09.